The highest BCUT2D eigenvalue weighted by Crippen LogP contribution is 2.28. The molecule has 1 rings (SSSR count). The van der Waals surface area contributed by atoms with E-state index >= 15 is 0 Å². The van der Waals surface area contributed by atoms with Gasteiger partial charge in [-0.15, -0.1) is 0 Å². The van der Waals surface area contributed by atoms with Crippen LogP contribution in [0.4, 0.5) is 0 Å². The lowest BCUT2D eigenvalue weighted by molar-refractivity contribution is -0.137. The summed E-state index contributed by atoms with van der Waals surface area (Å²) in [5.74, 6) is -0.712. The van der Waals surface area contributed by atoms with Crippen LogP contribution in [0.3, 0.4) is 0 Å². The Kier molecular flexibility index (Phi) is 4.80. The van der Waals surface area contributed by atoms with Gasteiger partial charge in [-0.1, -0.05) is 25.6 Å². The van der Waals surface area contributed by atoms with Crippen LogP contribution in [0.15, 0.2) is 21.6 Å². The van der Waals surface area contributed by atoms with Gasteiger partial charge in [-0.05, 0) is 40.9 Å². The van der Waals surface area contributed by atoms with Gasteiger partial charge in [0, 0.05) is 4.47 Å². The van der Waals surface area contributed by atoms with Gasteiger partial charge < -0.3 is 5.11 Å². The summed E-state index contributed by atoms with van der Waals surface area (Å²) in [6.45, 7) is 5.69. The number of aryl methyl sites for hydroxylation is 1. The van der Waals surface area contributed by atoms with Crippen molar-refractivity contribution in [1.82, 2.24) is 4.98 Å². The fourth-order valence-corrected chi connectivity index (χ4v) is 2.38. The zero-order valence-electron chi connectivity index (χ0n) is 9.40. The quantitative estimate of drug-likeness (QED) is 0.867. The third-order valence-corrected chi connectivity index (χ3v) is 4.40. The van der Waals surface area contributed by atoms with Gasteiger partial charge in [-0.25, -0.2) is 4.98 Å². The average Bonchev–Trinajstić information content (AvgIpc) is 2.18. The monoisotopic (exact) mass is 303 g/mol. The molecule has 1 heterocycles. The summed E-state index contributed by atoms with van der Waals surface area (Å²) in [4.78, 5) is 15.4. The van der Waals surface area contributed by atoms with E-state index in [9.17, 15) is 4.79 Å². The Morgan fingerprint density at radius 3 is 2.56 bits per heavy atom. The molecule has 0 saturated heterocycles. The SMILES string of the molecule is Cc1nc(SC(C(=O)O)C(C)C)ccc1Br. The third-order valence-electron chi connectivity index (χ3n) is 2.09. The second kappa shape index (κ2) is 5.68. The predicted octanol–water partition coefficient (Wildman–Crippen LogP) is 3.35. The molecule has 0 fully saturated rings. The number of aliphatic carboxylic acids is 1. The summed E-state index contributed by atoms with van der Waals surface area (Å²) < 4.78 is 0.938. The number of pyridine rings is 1. The maximum atomic E-state index is 11.0. The molecule has 0 saturated carbocycles. The normalized spacial score (nSPS) is 12.8. The lowest BCUT2D eigenvalue weighted by Crippen LogP contribution is -2.22. The van der Waals surface area contributed by atoms with Crippen LogP contribution in [0.25, 0.3) is 0 Å². The molecule has 1 unspecified atom stereocenters. The minimum absolute atomic E-state index is 0.0771. The number of hydrogen-bond acceptors (Lipinski definition) is 3. The molecule has 0 bridgehead atoms. The van der Waals surface area contributed by atoms with Crippen LogP contribution in [-0.2, 0) is 4.79 Å². The van der Waals surface area contributed by atoms with Crippen molar-refractivity contribution < 1.29 is 9.90 Å². The maximum Gasteiger partial charge on any atom is 0.317 e. The minimum atomic E-state index is -0.789. The highest BCUT2D eigenvalue weighted by atomic mass is 79.9. The van der Waals surface area contributed by atoms with Crippen molar-refractivity contribution in [3.8, 4) is 0 Å². The lowest BCUT2D eigenvalue weighted by atomic mass is 10.1. The van der Waals surface area contributed by atoms with Crippen molar-refractivity contribution in [1.29, 1.82) is 0 Å². The van der Waals surface area contributed by atoms with Gasteiger partial charge in [-0.2, -0.15) is 0 Å². The smallest absolute Gasteiger partial charge is 0.317 e. The third kappa shape index (κ3) is 3.49. The molecule has 0 aliphatic carbocycles. The van der Waals surface area contributed by atoms with Gasteiger partial charge in [0.05, 0.1) is 10.7 Å². The Bertz CT molecular complexity index is 396. The van der Waals surface area contributed by atoms with E-state index in [2.05, 4.69) is 20.9 Å². The maximum absolute atomic E-state index is 11.0. The van der Waals surface area contributed by atoms with Crippen LogP contribution < -0.4 is 0 Å². The van der Waals surface area contributed by atoms with Crippen molar-refractivity contribution in [3.05, 3.63) is 22.3 Å². The molecule has 88 valence electrons. The summed E-state index contributed by atoms with van der Waals surface area (Å²) in [5, 5.41) is 9.37. The van der Waals surface area contributed by atoms with Crippen molar-refractivity contribution in [2.45, 2.75) is 31.0 Å². The molecule has 0 aliphatic heterocycles. The van der Waals surface area contributed by atoms with Gasteiger partial charge in [0.2, 0.25) is 0 Å². The predicted molar refractivity (Wildman–Crippen MR) is 68.8 cm³/mol. The van der Waals surface area contributed by atoms with E-state index in [-0.39, 0.29) is 5.92 Å². The molecular formula is C11H14BrNO2S. The Morgan fingerprint density at radius 2 is 2.12 bits per heavy atom. The number of carbonyl (C=O) groups is 1. The molecule has 0 aromatic carbocycles. The fraction of sp³-hybridized carbons (Fsp3) is 0.455. The first-order chi connectivity index (χ1) is 7.41. The number of nitrogens with zero attached hydrogens (tertiary/aromatic N) is 1. The Hall–Kier alpha value is -0.550. The molecule has 1 aromatic rings. The van der Waals surface area contributed by atoms with E-state index in [4.69, 9.17) is 5.11 Å². The minimum Gasteiger partial charge on any atom is -0.480 e. The molecule has 5 heteroatoms. The van der Waals surface area contributed by atoms with Gasteiger partial charge in [0.1, 0.15) is 5.25 Å². The summed E-state index contributed by atoms with van der Waals surface area (Å²) in [7, 11) is 0. The number of aromatic nitrogens is 1. The number of carboxylic acids is 1. The molecular weight excluding hydrogens is 290 g/mol. The Balaban J connectivity index is 2.86. The molecule has 1 atom stereocenters. The van der Waals surface area contributed by atoms with E-state index in [1.165, 1.54) is 11.8 Å². The highest BCUT2D eigenvalue weighted by Gasteiger charge is 2.23. The van der Waals surface area contributed by atoms with E-state index in [0.29, 0.717) is 0 Å². The summed E-state index contributed by atoms with van der Waals surface area (Å²) in [6.07, 6.45) is 0. The topological polar surface area (TPSA) is 50.2 Å². The molecule has 0 radical (unpaired) electrons. The molecule has 3 nitrogen and oxygen atoms in total. The molecule has 1 N–H and O–H groups in total. The van der Waals surface area contributed by atoms with Crippen molar-refractivity contribution in [3.63, 3.8) is 0 Å². The Morgan fingerprint density at radius 1 is 1.50 bits per heavy atom. The first kappa shape index (κ1) is 13.5. The van der Waals surface area contributed by atoms with E-state index in [1.54, 1.807) is 0 Å². The van der Waals surface area contributed by atoms with Crippen molar-refractivity contribution in [2.24, 2.45) is 5.92 Å². The van der Waals surface area contributed by atoms with Gasteiger partial charge in [0.25, 0.3) is 0 Å². The summed E-state index contributed by atoms with van der Waals surface area (Å²) in [5.41, 5.74) is 0.873. The van der Waals surface area contributed by atoms with Crippen LogP contribution in [0.2, 0.25) is 0 Å². The van der Waals surface area contributed by atoms with Crippen LogP contribution in [0.1, 0.15) is 19.5 Å². The highest BCUT2D eigenvalue weighted by molar-refractivity contribution is 9.10. The van der Waals surface area contributed by atoms with Gasteiger partial charge >= 0.3 is 5.97 Å². The van der Waals surface area contributed by atoms with E-state index < -0.39 is 11.2 Å². The molecule has 1 aromatic heterocycles. The van der Waals surface area contributed by atoms with E-state index in [0.717, 1.165) is 15.2 Å². The number of thioether (sulfide) groups is 1. The Labute approximate surface area is 108 Å². The second-order valence-electron chi connectivity index (χ2n) is 3.84. The molecule has 0 spiro atoms. The first-order valence-electron chi connectivity index (χ1n) is 4.94. The molecule has 0 amide bonds. The first-order valence-corrected chi connectivity index (χ1v) is 6.61. The van der Waals surface area contributed by atoms with Crippen molar-refractivity contribution >= 4 is 33.7 Å². The fourth-order valence-electron chi connectivity index (χ4n) is 1.19. The largest absolute Gasteiger partial charge is 0.480 e. The zero-order chi connectivity index (χ0) is 12.3. The number of rotatable bonds is 4. The zero-order valence-corrected chi connectivity index (χ0v) is 11.8. The van der Waals surface area contributed by atoms with Crippen LogP contribution in [0, 0.1) is 12.8 Å². The number of hydrogen-bond donors (Lipinski definition) is 1. The van der Waals surface area contributed by atoms with Gasteiger partial charge in [-0.3, -0.25) is 4.79 Å². The molecule has 0 aliphatic rings. The van der Waals surface area contributed by atoms with E-state index in [1.807, 2.05) is 32.9 Å². The lowest BCUT2D eigenvalue weighted by Gasteiger charge is -2.15. The average molecular weight is 304 g/mol. The van der Waals surface area contributed by atoms with Gasteiger partial charge in [0.15, 0.2) is 0 Å². The van der Waals surface area contributed by atoms with Crippen LogP contribution >= 0.6 is 27.7 Å². The second-order valence-corrected chi connectivity index (χ2v) is 5.85. The van der Waals surface area contributed by atoms with Crippen molar-refractivity contribution in [2.75, 3.05) is 0 Å². The van der Waals surface area contributed by atoms with Crippen LogP contribution in [0.5, 0.6) is 0 Å². The summed E-state index contributed by atoms with van der Waals surface area (Å²) in [6, 6.07) is 3.73. The van der Waals surface area contributed by atoms with Crippen LogP contribution in [-0.4, -0.2) is 21.3 Å². The summed E-state index contributed by atoms with van der Waals surface area (Å²) >= 11 is 4.66. The number of carboxylic acid groups (broad SMARTS) is 1. The molecule has 16 heavy (non-hydrogen) atoms. The number of halogens is 1. The standard InChI is InChI=1S/C11H14BrNO2S/c1-6(2)10(11(14)15)16-9-5-4-8(12)7(3)13-9/h4-6,10H,1-3H3,(H,14,15).